The largest absolute Gasteiger partial charge is 0.497 e. The Bertz CT molecular complexity index is 1370. The van der Waals surface area contributed by atoms with Gasteiger partial charge in [0.25, 0.3) is 11.5 Å². The van der Waals surface area contributed by atoms with Crippen molar-refractivity contribution in [3.8, 4) is 5.75 Å². The van der Waals surface area contributed by atoms with Crippen molar-refractivity contribution in [1.29, 1.82) is 5.41 Å². The molecule has 0 bridgehead atoms. The molecule has 8 heteroatoms. The Kier molecular flexibility index (Phi) is 5.05. The molecule has 0 aliphatic rings. The van der Waals surface area contributed by atoms with Gasteiger partial charge in [0.1, 0.15) is 22.5 Å². The van der Waals surface area contributed by atoms with E-state index in [4.69, 9.17) is 10.1 Å². The predicted molar refractivity (Wildman–Crippen MR) is 113 cm³/mol. The average Bonchev–Trinajstić information content (AvgIpc) is 2.78. The Morgan fingerprint density at radius 1 is 1.20 bits per heavy atom. The van der Waals surface area contributed by atoms with Crippen molar-refractivity contribution in [2.75, 3.05) is 7.11 Å². The van der Waals surface area contributed by atoms with Crippen LogP contribution in [0.3, 0.4) is 0 Å². The van der Waals surface area contributed by atoms with Crippen LogP contribution in [0.15, 0.2) is 59.5 Å². The number of aryl methyl sites for hydroxylation is 1. The van der Waals surface area contributed by atoms with E-state index in [1.807, 2.05) is 31.2 Å². The van der Waals surface area contributed by atoms with Crippen molar-refractivity contribution >= 4 is 22.6 Å². The molecular formula is C22H21N5O3. The molecule has 1 amide bonds. The summed E-state index contributed by atoms with van der Waals surface area (Å²) in [5, 5.41) is 11.6. The molecule has 0 atom stereocenters. The van der Waals surface area contributed by atoms with E-state index in [0.717, 1.165) is 11.3 Å². The van der Waals surface area contributed by atoms with Gasteiger partial charge < -0.3 is 14.6 Å². The fourth-order valence-corrected chi connectivity index (χ4v) is 3.39. The second-order valence-corrected chi connectivity index (χ2v) is 6.76. The van der Waals surface area contributed by atoms with E-state index in [1.54, 1.807) is 36.1 Å². The van der Waals surface area contributed by atoms with Gasteiger partial charge in [0.2, 0.25) is 0 Å². The number of amides is 1. The first-order chi connectivity index (χ1) is 14.5. The summed E-state index contributed by atoms with van der Waals surface area (Å²) in [6.45, 7) is 2.55. The van der Waals surface area contributed by atoms with Gasteiger partial charge in [0.15, 0.2) is 0 Å². The first kappa shape index (κ1) is 19.4. The maximum Gasteiger partial charge on any atom is 0.267 e. The normalized spacial score (nSPS) is 11.0. The fraction of sp³-hybridized carbons (Fsp3) is 0.182. The van der Waals surface area contributed by atoms with Crippen LogP contribution in [0.5, 0.6) is 5.75 Å². The quantitative estimate of drug-likeness (QED) is 0.498. The number of methoxy groups -OCH3 is 1. The highest BCUT2D eigenvalue weighted by Crippen LogP contribution is 2.12. The van der Waals surface area contributed by atoms with Gasteiger partial charge in [-0.2, -0.15) is 0 Å². The Morgan fingerprint density at radius 3 is 2.67 bits per heavy atom. The van der Waals surface area contributed by atoms with Gasteiger partial charge in [0.05, 0.1) is 18.1 Å². The number of aromatic nitrogens is 3. The monoisotopic (exact) mass is 403 g/mol. The van der Waals surface area contributed by atoms with E-state index in [-0.39, 0.29) is 16.6 Å². The minimum atomic E-state index is -0.419. The lowest BCUT2D eigenvalue weighted by Gasteiger charge is -2.13. The summed E-state index contributed by atoms with van der Waals surface area (Å²) in [5.74, 6) is 0.315. The smallest absolute Gasteiger partial charge is 0.267 e. The fourth-order valence-electron chi connectivity index (χ4n) is 3.39. The Hall–Kier alpha value is -3.94. The van der Waals surface area contributed by atoms with Crippen molar-refractivity contribution < 1.29 is 9.53 Å². The molecule has 3 aromatic heterocycles. The Balaban J connectivity index is 1.76. The Labute approximate surface area is 171 Å². The minimum absolute atomic E-state index is 0.0180. The second kappa shape index (κ2) is 7.82. The van der Waals surface area contributed by atoms with Crippen LogP contribution in [0.4, 0.5) is 0 Å². The highest BCUT2D eigenvalue weighted by Gasteiger charge is 2.16. The predicted octanol–water partition coefficient (Wildman–Crippen LogP) is 2.09. The minimum Gasteiger partial charge on any atom is -0.497 e. The SMILES string of the molecule is CCn1c(=N)c(C(=O)NCc2ccc(OC)cc2)cc2c(=O)n3ccccc3nc21. The molecule has 0 fully saturated rings. The number of carbonyl (C=O) groups is 1. The van der Waals surface area contributed by atoms with Crippen molar-refractivity contribution in [2.45, 2.75) is 20.0 Å². The van der Waals surface area contributed by atoms with E-state index < -0.39 is 5.91 Å². The molecule has 0 spiro atoms. The van der Waals surface area contributed by atoms with E-state index in [0.29, 0.717) is 29.8 Å². The van der Waals surface area contributed by atoms with Gasteiger partial charge in [-0.3, -0.25) is 19.4 Å². The van der Waals surface area contributed by atoms with Crippen molar-refractivity contribution in [3.05, 3.63) is 81.7 Å². The molecule has 0 saturated carbocycles. The summed E-state index contributed by atoms with van der Waals surface area (Å²) in [4.78, 5) is 30.4. The van der Waals surface area contributed by atoms with Crippen molar-refractivity contribution in [3.63, 3.8) is 0 Å². The molecule has 0 unspecified atom stereocenters. The molecule has 30 heavy (non-hydrogen) atoms. The molecule has 3 heterocycles. The molecule has 0 saturated heterocycles. The van der Waals surface area contributed by atoms with Gasteiger partial charge in [0, 0.05) is 19.3 Å². The van der Waals surface area contributed by atoms with E-state index in [1.165, 1.54) is 10.5 Å². The van der Waals surface area contributed by atoms with Crippen LogP contribution in [0.25, 0.3) is 16.7 Å². The van der Waals surface area contributed by atoms with Gasteiger partial charge in [-0.1, -0.05) is 18.2 Å². The Morgan fingerprint density at radius 2 is 1.97 bits per heavy atom. The molecule has 4 rings (SSSR count). The van der Waals surface area contributed by atoms with Gasteiger partial charge in [-0.05, 0) is 42.8 Å². The molecule has 4 aromatic rings. The lowest BCUT2D eigenvalue weighted by Crippen LogP contribution is -2.34. The summed E-state index contributed by atoms with van der Waals surface area (Å²) in [7, 11) is 1.59. The zero-order chi connectivity index (χ0) is 21.3. The number of hydrogen-bond acceptors (Lipinski definition) is 5. The zero-order valence-electron chi connectivity index (χ0n) is 16.7. The van der Waals surface area contributed by atoms with Crippen LogP contribution in [-0.2, 0) is 13.1 Å². The average molecular weight is 403 g/mol. The maximum absolute atomic E-state index is 13.0. The van der Waals surface area contributed by atoms with E-state index in [9.17, 15) is 9.59 Å². The summed E-state index contributed by atoms with van der Waals surface area (Å²) in [6.07, 6.45) is 1.64. The molecule has 1 aromatic carbocycles. The number of nitrogens with one attached hydrogen (secondary N) is 2. The number of pyridine rings is 2. The lowest BCUT2D eigenvalue weighted by atomic mass is 10.1. The van der Waals surface area contributed by atoms with Gasteiger partial charge >= 0.3 is 0 Å². The number of fused-ring (bicyclic) bond motifs is 2. The van der Waals surface area contributed by atoms with E-state index in [2.05, 4.69) is 10.3 Å². The first-order valence-corrected chi connectivity index (χ1v) is 9.54. The van der Waals surface area contributed by atoms with Crippen LogP contribution in [0.1, 0.15) is 22.8 Å². The molecule has 2 N–H and O–H groups in total. The topological polar surface area (TPSA) is 101 Å². The molecular weight excluding hydrogens is 382 g/mol. The van der Waals surface area contributed by atoms with Gasteiger partial charge in [-0.25, -0.2) is 4.98 Å². The number of hydrogen-bond donors (Lipinski definition) is 2. The van der Waals surface area contributed by atoms with Crippen LogP contribution in [0, 0.1) is 5.41 Å². The molecule has 8 nitrogen and oxygen atoms in total. The van der Waals surface area contributed by atoms with Crippen LogP contribution in [0.2, 0.25) is 0 Å². The maximum atomic E-state index is 13.0. The van der Waals surface area contributed by atoms with Gasteiger partial charge in [-0.15, -0.1) is 0 Å². The third-order valence-corrected chi connectivity index (χ3v) is 4.99. The summed E-state index contributed by atoms with van der Waals surface area (Å²) >= 11 is 0. The van der Waals surface area contributed by atoms with Crippen LogP contribution >= 0.6 is 0 Å². The lowest BCUT2D eigenvalue weighted by molar-refractivity contribution is 0.0948. The summed E-state index contributed by atoms with van der Waals surface area (Å²) < 4.78 is 8.15. The number of carbonyl (C=O) groups excluding carboxylic acids is 1. The summed E-state index contributed by atoms with van der Waals surface area (Å²) in [6, 6.07) is 14.1. The third kappa shape index (κ3) is 3.32. The molecule has 0 aliphatic carbocycles. The number of ether oxygens (including phenoxy) is 1. The highest BCUT2D eigenvalue weighted by atomic mass is 16.5. The standard InChI is InChI=1S/C22H21N5O3/c1-3-26-19(23)16(21(28)24-13-14-7-9-15(30-2)10-8-14)12-17-20(26)25-18-6-4-5-11-27(18)22(17)29/h4-12,23H,3,13H2,1-2H3,(H,24,28). The van der Waals surface area contributed by atoms with Crippen LogP contribution in [-0.4, -0.2) is 27.0 Å². The van der Waals surface area contributed by atoms with E-state index >= 15 is 0 Å². The second-order valence-electron chi connectivity index (χ2n) is 6.76. The molecule has 0 radical (unpaired) electrons. The number of nitrogens with zero attached hydrogens (tertiary/aromatic N) is 3. The number of rotatable bonds is 5. The summed E-state index contributed by atoms with van der Waals surface area (Å²) in [5.41, 5.74) is 1.66. The molecule has 0 aliphatic heterocycles. The van der Waals surface area contributed by atoms with Crippen molar-refractivity contribution in [1.82, 2.24) is 19.3 Å². The zero-order valence-corrected chi connectivity index (χ0v) is 16.7. The third-order valence-electron chi connectivity index (χ3n) is 4.99. The highest BCUT2D eigenvalue weighted by molar-refractivity contribution is 5.96. The first-order valence-electron chi connectivity index (χ1n) is 9.54. The number of benzene rings is 1. The van der Waals surface area contributed by atoms with Crippen LogP contribution < -0.4 is 21.1 Å². The molecule has 152 valence electrons. The van der Waals surface area contributed by atoms with Crippen molar-refractivity contribution in [2.24, 2.45) is 0 Å².